The van der Waals surface area contributed by atoms with Crippen molar-refractivity contribution >= 4 is 11.7 Å². The van der Waals surface area contributed by atoms with Crippen molar-refractivity contribution in [1.29, 1.82) is 0 Å². The van der Waals surface area contributed by atoms with Gasteiger partial charge in [0, 0.05) is 12.5 Å². The van der Waals surface area contributed by atoms with Crippen LogP contribution in [0, 0.1) is 0 Å². The topological polar surface area (TPSA) is 99.7 Å². The maximum Gasteiger partial charge on any atom is 0.234 e. The number of hydrogen-bond acceptors (Lipinski definition) is 4. The van der Waals surface area contributed by atoms with E-state index in [0.29, 0.717) is 19.5 Å². The van der Waals surface area contributed by atoms with Gasteiger partial charge in [-0.3, -0.25) is 4.79 Å². The number of carbonyl (C=O) groups excluding carboxylic acids is 1. The largest absolute Gasteiger partial charge is 0.409 e. The molecule has 0 saturated heterocycles. The molecule has 0 heterocycles. The van der Waals surface area contributed by atoms with Crippen LogP contribution in [0.5, 0.6) is 0 Å². The minimum atomic E-state index is -0.0196. The van der Waals surface area contributed by atoms with Crippen LogP contribution in [0.3, 0.4) is 0 Å². The fourth-order valence-electron chi connectivity index (χ4n) is 1.02. The summed E-state index contributed by atoms with van der Waals surface area (Å²) < 4.78 is 0. The zero-order chi connectivity index (χ0) is 11.7. The summed E-state index contributed by atoms with van der Waals surface area (Å²) in [4.78, 5) is 11.1. The molecule has 0 spiro atoms. The molecule has 0 radical (unpaired) electrons. The Morgan fingerprint density at radius 3 is 2.73 bits per heavy atom. The minimum absolute atomic E-state index is 0.0196. The molecule has 0 bridgehead atoms. The van der Waals surface area contributed by atoms with Gasteiger partial charge in [-0.1, -0.05) is 5.16 Å². The maximum absolute atomic E-state index is 11.1. The van der Waals surface area contributed by atoms with Crippen molar-refractivity contribution in [2.24, 2.45) is 10.9 Å². The Hall–Kier alpha value is -1.30. The van der Waals surface area contributed by atoms with Gasteiger partial charge < -0.3 is 21.6 Å². The molecule has 6 nitrogen and oxygen atoms in total. The summed E-state index contributed by atoms with van der Waals surface area (Å²) in [5.74, 6) is 0.192. The first-order valence-corrected chi connectivity index (χ1v) is 5.02. The monoisotopic (exact) mass is 216 g/mol. The average molecular weight is 216 g/mol. The molecule has 0 aromatic rings. The SMILES string of the molecule is CC(C)NC(=O)CNCCCC(N)=NO. The quantitative estimate of drug-likeness (QED) is 0.153. The van der Waals surface area contributed by atoms with E-state index in [9.17, 15) is 4.79 Å². The third kappa shape index (κ3) is 9.01. The lowest BCUT2D eigenvalue weighted by atomic mass is 10.3. The number of nitrogens with one attached hydrogen (secondary N) is 2. The first kappa shape index (κ1) is 13.7. The van der Waals surface area contributed by atoms with Crippen molar-refractivity contribution in [3.05, 3.63) is 0 Å². The van der Waals surface area contributed by atoms with Gasteiger partial charge in [0.2, 0.25) is 5.91 Å². The highest BCUT2D eigenvalue weighted by Crippen LogP contribution is 1.86. The molecule has 0 atom stereocenters. The van der Waals surface area contributed by atoms with E-state index in [2.05, 4.69) is 15.8 Å². The summed E-state index contributed by atoms with van der Waals surface area (Å²) in [6.45, 7) is 4.79. The van der Waals surface area contributed by atoms with Crippen LogP contribution in [0.25, 0.3) is 0 Å². The Bertz CT molecular complexity index is 216. The molecule has 0 aliphatic heterocycles. The average Bonchev–Trinajstić information content (AvgIpc) is 2.15. The predicted molar refractivity (Wildman–Crippen MR) is 58.8 cm³/mol. The highest BCUT2D eigenvalue weighted by Gasteiger charge is 2.01. The third-order valence-electron chi connectivity index (χ3n) is 1.65. The molecule has 0 unspecified atom stereocenters. The second kappa shape index (κ2) is 8.05. The van der Waals surface area contributed by atoms with E-state index in [4.69, 9.17) is 10.9 Å². The molecule has 15 heavy (non-hydrogen) atoms. The number of nitrogens with zero attached hydrogens (tertiary/aromatic N) is 1. The van der Waals surface area contributed by atoms with Crippen molar-refractivity contribution in [2.75, 3.05) is 13.1 Å². The Morgan fingerprint density at radius 1 is 1.53 bits per heavy atom. The highest BCUT2D eigenvalue weighted by atomic mass is 16.4. The fourth-order valence-corrected chi connectivity index (χ4v) is 1.02. The third-order valence-corrected chi connectivity index (χ3v) is 1.65. The van der Waals surface area contributed by atoms with Crippen molar-refractivity contribution < 1.29 is 10.0 Å². The molecule has 88 valence electrons. The van der Waals surface area contributed by atoms with Gasteiger partial charge in [-0.15, -0.1) is 0 Å². The van der Waals surface area contributed by atoms with E-state index in [1.54, 1.807) is 0 Å². The number of nitrogens with two attached hydrogens (primary N) is 1. The van der Waals surface area contributed by atoms with Crippen LogP contribution >= 0.6 is 0 Å². The normalized spacial score (nSPS) is 11.8. The zero-order valence-electron chi connectivity index (χ0n) is 9.29. The summed E-state index contributed by atoms with van der Waals surface area (Å²) >= 11 is 0. The van der Waals surface area contributed by atoms with Gasteiger partial charge in [0.1, 0.15) is 5.84 Å². The number of rotatable bonds is 7. The van der Waals surface area contributed by atoms with Gasteiger partial charge in [0.15, 0.2) is 0 Å². The summed E-state index contributed by atoms with van der Waals surface area (Å²) in [5, 5.41) is 16.8. The second-order valence-corrected chi connectivity index (χ2v) is 3.59. The van der Waals surface area contributed by atoms with Gasteiger partial charge in [0.25, 0.3) is 0 Å². The van der Waals surface area contributed by atoms with E-state index in [1.807, 2.05) is 13.8 Å². The molecule has 0 aliphatic rings. The summed E-state index contributed by atoms with van der Waals surface area (Å²) in [6.07, 6.45) is 1.26. The summed E-state index contributed by atoms with van der Waals surface area (Å²) in [5.41, 5.74) is 5.27. The van der Waals surface area contributed by atoms with E-state index in [0.717, 1.165) is 6.42 Å². The number of hydrogen-bond donors (Lipinski definition) is 4. The van der Waals surface area contributed by atoms with Crippen molar-refractivity contribution in [3.8, 4) is 0 Å². The predicted octanol–water partition coefficient (Wildman–Crippen LogP) is -0.373. The highest BCUT2D eigenvalue weighted by molar-refractivity contribution is 5.79. The molecule has 0 rings (SSSR count). The van der Waals surface area contributed by atoms with Gasteiger partial charge >= 0.3 is 0 Å². The summed E-state index contributed by atoms with van der Waals surface area (Å²) in [7, 11) is 0. The second-order valence-electron chi connectivity index (χ2n) is 3.59. The molecule has 0 saturated carbocycles. The van der Waals surface area contributed by atoms with Crippen LogP contribution < -0.4 is 16.4 Å². The molecule has 0 aromatic carbocycles. The first-order valence-electron chi connectivity index (χ1n) is 5.02. The minimum Gasteiger partial charge on any atom is -0.409 e. The molecule has 0 fully saturated rings. The number of carbonyl (C=O) groups is 1. The van der Waals surface area contributed by atoms with Crippen LogP contribution in [0.1, 0.15) is 26.7 Å². The van der Waals surface area contributed by atoms with E-state index in [1.165, 1.54) is 0 Å². The van der Waals surface area contributed by atoms with Crippen LogP contribution in [0.2, 0.25) is 0 Å². The van der Waals surface area contributed by atoms with Crippen molar-refractivity contribution in [3.63, 3.8) is 0 Å². The molecular formula is C9H20N4O2. The Kier molecular flexibility index (Phi) is 7.35. The summed E-state index contributed by atoms with van der Waals surface area (Å²) in [6, 6.07) is 0.163. The zero-order valence-corrected chi connectivity index (χ0v) is 9.29. The Morgan fingerprint density at radius 2 is 2.20 bits per heavy atom. The number of amidine groups is 1. The standard InChI is InChI=1S/C9H20N4O2/c1-7(2)12-9(14)6-11-5-3-4-8(10)13-15/h7,11,15H,3-6H2,1-2H3,(H2,10,13)(H,12,14). The van der Waals surface area contributed by atoms with Gasteiger partial charge in [-0.25, -0.2) is 0 Å². The van der Waals surface area contributed by atoms with Gasteiger partial charge in [-0.2, -0.15) is 0 Å². The van der Waals surface area contributed by atoms with Crippen LogP contribution in [0.15, 0.2) is 5.16 Å². The Labute approximate surface area is 89.9 Å². The molecule has 1 amide bonds. The smallest absolute Gasteiger partial charge is 0.234 e. The maximum atomic E-state index is 11.1. The van der Waals surface area contributed by atoms with Gasteiger partial charge in [0.05, 0.1) is 6.54 Å². The molecule has 0 aromatic heterocycles. The fraction of sp³-hybridized carbons (Fsp3) is 0.778. The van der Waals surface area contributed by atoms with Gasteiger partial charge in [-0.05, 0) is 26.8 Å². The van der Waals surface area contributed by atoms with E-state index >= 15 is 0 Å². The molecule has 6 heteroatoms. The number of amides is 1. The van der Waals surface area contributed by atoms with Crippen LogP contribution in [-0.2, 0) is 4.79 Å². The van der Waals surface area contributed by atoms with Crippen LogP contribution in [0.4, 0.5) is 0 Å². The molecule has 5 N–H and O–H groups in total. The number of oxime groups is 1. The van der Waals surface area contributed by atoms with Crippen molar-refractivity contribution in [1.82, 2.24) is 10.6 Å². The Balaban J connectivity index is 3.35. The van der Waals surface area contributed by atoms with Crippen molar-refractivity contribution in [2.45, 2.75) is 32.7 Å². The first-order chi connectivity index (χ1) is 7.06. The lowest BCUT2D eigenvalue weighted by Gasteiger charge is -2.08. The molecule has 0 aliphatic carbocycles. The lowest BCUT2D eigenvalue weighted by molar-refractivity contribution is -0.120. The van der Waals surface area contributed by atoms with E-state index < -0.39 is 0 Å². The molecular weight excluding hydrogens is 196 g/mol. The van der Waals surface area contributed by atoms with Crippen LogP contribution in [-0.4, -0.2) is 36.1 Å². The van der Waals surface area contributed by atoms with E-state index in [-0.39, 0.29) is 17.8 Å². The lowest BCUT2D eigenvalue weighted by Crippen LogP contribution is -2.38.